The summed E-state index contributed by atoms with van der Waals surface area (Å²) in [4.78, 5) is 12.6. The predicted molar refractivity (Wildman–Crippen MR) is 91.6 cm³/mol. The first-order valence-corrected chi connectivity index (χ1v) is 7.63. The molecule has 1 heterocycles. The molecule has 1 aromatic rings. The summed E-state index contributed by atoms with van der Waals surface area (Å²) in [6.45, 7) is 7.08. The highest BCUT2D eigenvalue weighted by Gasteiger charge is 2.31. The largest absolute Gasteiger partial charge is 0.496 e. The fraction of sp³-hybridized carbons (Fsp3) is 0.588. The van der Waals surface area contributed by atoms with Crippen molar-refractivity contribution in [2.75, 3.05) is 13.7 Å². The van der Waals surface area contributed by atoms with E-state index in [-0.39, 0.29) is 24.2 Å². The number of ether oxygens (including phenoxy) is 1. The van der Waals surface area contributed by atoms with E-state index in [1.807, 2.05) is 38.1 Å². The molecule has 2 rings (SSSR count). The van der Waals surface area contributed by atoms with Crippen LogP contribution >= 0.6 is 12.4 Å². The van der Waals surface area contributed by atoms with E-state index in [2.05, 4.69) is 17.6 Å². The topological polar surface area (TPSA) is 50.4 Å². The molecule has 0 radical (unpaired) electrons. The molecule has 0 spiro atoms. The summed E-state index contributed by atoms with van der Waals surface area (Å²) < 4.78 is 5.41. The van der Waals surface area contributed by atoms with Gasteiger partial charge >= 0.3 is 0 Å². The predicted octanol–water partition coefficient (Wildman–Crippen LogP) is 2.86. The second kappa shape index (κ2) is 7.84. The molecular weight excluding hydrogens is 300 g/mol. The lowest BCUT2D eigenvalue weighted by atomic mass is 9.89. The van der Waals surface area contributed by atoms with E-state index < -0.39 is 5.54 Å². The van der Waals surface area contributed by atoms with Crippen molar-refractivity contribution >= 4 is 18.3 Å². The molecule has 0 aliphatic carbocycles. The van der Waals surface area contributed by atoms with E-state index in [9.17, 15) is 4.79 Å². The molecule has 0 bridgehead atoms. The molecule has 0 unspecified atom stereocenters. The maximum Gasteiger partial charge on any atom is 0.223 e. The number of methoxy groups -OCH3 is 1. The van der Waals surface area contributed by atoms with E-state index in [0.717, 1.165) is 30.7 Å². The fourth-order valence-electron chi connectivity index (χ4n) is 3.01. The Morgan fingerprint density at radius 1 is 1.36 bits per heavy atom. The number of nitrogens with one attached hydrogen (secondary N) is 2. The van der Waals surface area contributed by atoms with E-state index in [1.165, 1.54) is 0 Å². The van der Waals surface area contributed by atoms with Gasteiger partial charge in [0.15, 0.2) is 0 Å². The first-order valence-electron chi connectivity index (χ1n) is 7.63. The normalized spacial score (nSPS) is 21.6. The van der Waals surface area contributed by atoms with E-state index >= 15 is 0 Å². The van der Waals surface area contributed by atoms with Crippen LogP contribution in [0.25, 0.3) is 0 Å². The Balaban J connectivity index is 0.00000242. The number of carbonyl (C=O) groups is 1. The summed E-state index contributed by atoms with van der Waals surface area (Å²) in [5.74, 6) is 1.04. The monoisotopic (exact) mass is 326 g/mol. The number of rotatable bonds is 4. The van der Waals surface area contributed by atoms with Gasteiger partial charge in [-0.15, -0.1) is 12.4 Å². The molecule has 1 saturated heterocycles. The van der Waals surface area contributed by atoms with Gasteiger partial charge < -0.3 is 15.4 Å². The number of halogens is 1. The molecule has 4 nitrogen and oxygen atoms in total. The van der Waals surface area contributed by atoms with Crippen molar-refractivity contribution in [3.8, 4) is 5.75 Å². The molecule has 1 aliphatic rings. The standard InChI is InChI=1S/C17H26N2O2.ClH/c1-12-11-13(9-10-18-12)16(20)19-17(2,3)14-7-5-6-8-15(14)21-4;/h5-8,12-13,18H,9-11H2,1-4H3,(H,19,20);1H/t12-,13-;/m0./s1. The summed E-state index contributed by atoms with van der Waals surface area (Å²) in [5.41, 5.74) is 0.556. The lowest BCUT2D eigenvalue weighted by Crippen LogP contribution is -2.48. The molecule has 0 saturated carbocycles. The Kier molecular flexibility index (Phi) is 6.69. The number of carbonyl (C=O) groups excluding carboxylic acids is 1. The van der Waals surface area contributed by atoms with Crippen molar-refractivity contribution in [3.63, 3.8) is 0 Å². The summed E-state index contributed by atoms with van der Waals surface area (Å²) in [6, 6.07) is 8.25. The minimum atomic E-state index is -0.447. The number of benzene rings is 1. The molecule has 2 atom stereocenters. The Labute approximate surface area is 139 Å². The van der Waals surface area contributed by atoms with Gasteiger partial charge in [0.1, 0.15) is 5.75 Å². The summed E-state index contributed by atoms with van der Waals surface area (Å²) in [5, 5.41) is 6.57. The van der Waals surface area contributed by atoms with Crippen molar-refractivity contribution in [2.24, 2.45) is 5.92 Å². The quantitative estimate of drug-likeness (QED) is 0.894. The molecule has 1 aromatic carbocycles. The molecule has 0 aromatic heterocycles. The molecule has 5 heteroatoms. The van der Waals surface area contributed by atoms with E-state index in [4.69, 9.17) is 4.74 Å². The van der Waals surface area contributed by atoms with Crippen LogP contribution in [0.2, 0.25) is 0 Å². The second-order valence-electron chi connectivity index (χ2n) is 6.39. The van der Waals surface area contributed by atoms with Crippen LogP contribution in [0.1, 0.15) is 39.2 Å². The lowest BCUT2D eigenvalue weighted by molar-refractivity contribution is -0.127. The minimum Gasteiger partial charge on any atom is -0.496 e. The highest BCUT2D eigenvalue weighted by molar-refractivity contribution is 5.85. The SMILES string of the molecule is COc1ccccc1C(C)(C)NC(=O)[C@H]1CCN[C@@H](C)C1.Cl. The van der Waals surface area contributed by atoms with Gasteiger partial charge in [0.2, 0.25) is 5.91 Å². The Hall–Kier alpha value is -1.26. The number of para-hydroxylation sites is 1. The van der Waals surface area contributed by atoms with Gasteiger partial charge in [-0.2, -0.15) is 0 Å². The van der Waals surface area contributed by atoms with Crippen molar-refractivity contribution in [2.45, 2.75) is 45.2 Å². The van der Waals surface area contributed by atoms with Crippen molar-refractivity contribution in [3.05, 3.63) is 29.8 Å². The Morgan fingerprint density at radius 3 is 2.68 bits per heavy atom. The van der Waals surface area contributed by atoms with Gasteiger partial charge in [0.05, 0.1) is 12.6 Å². The zero-order valence-electron chi connectivity index (χ0n) is 13.8. The highest BCUT2D eigenvalue weighted by Crippen LogP contribution is 2.30. The van der Waals surface area contributed by atoms with Gasteiger partial charge in [0, 0.05) is 17.5 Å². The van der Waals surface area contributed by atoms with Crippen LogP contribution in [0.15, 0.2) is 24.3 Å². The lowest BCUT2D eigenvalue weighted by Gasteiger charge is -2.33. The van der Waals surface area contributed by atoms with Gasteiger partial charge in [-0.25, -0.2) is 0 Å². The average Bonchev–Trinajstić information content (AvgIpc) is 2.46. The van der Waals surface area contributed by atoms with Crippen molar-refractivity contribution in [1.29, 1.82) is 0 Å². The zero-order valence-corrected chi connectivity index (χ0v) is 14.6. The zero-order chi connectivity index (χ0) is 15.5. The first kappa shape index (κ1) is 18.8. The summed E-state index contributed by atoms with van der Waals surface area (Å²) >= 11 is 0. The van der Waals surface area contributed by atoms with Crippen LogP contribution in [-0.4, -0.2) is 25.6 Å². The molecule has 1 fully saturated rings. The highest BCUT2D eigenvalue weighted by atomic mass is 35.5. The molecule has 22 heavy (non-hydrogen) atoms. The van der Waals surface area contributed by atoms with Crippen molar-refractivity contribution in [1.82, 2.24) is 10.6 Å². The molecule has 1 amide bonds. The van der Waals surface area contributed by atoms with E-state index in [0.29, 0.717) is 6.04 Å². The summed E-state index contributed by atoms with van der Waals surface area (Å²) in [7, 11) is 1.66. The summed E-state index contributed by atoms with van der Waals surface area (Å²) in [6.07, 6.45) is 1.80. The molecular formula is C17H27ClN2O2. The molecule has 2 N–H and O–H groups in total. The number of piperidine rings is 1. The third-order valence-corrected chi connectivity index (χ3v) is 4.21. The maximum absolute atomic E-state index is 12.6. The number of hydrogen-bond donors (Lipinski definition) is 2. The number of amides is 1. The van der Waals surface area contributed by atoms with E-state index in [1.54, 1.807) is 7.11 Å². The number of hydrogen-bond acceptors (Lipinski definition) is 3. The third kappa shape index (κ3) is 4.37. The van der Waals surface area contributed by atoms with Gasteiger partial charge in [-0.05, 0) is 46.2 Å². The average molecular weight is 327 g/mol. The molecule has 124 valence electrons. The van der Waals surface area contributed by atoms with Gasteiger partial charge in [-0.3, -0.25) is 4.79 Å². The maximum atomic E-state index is 12.6. The van der Waals surface area contributed by atoms with Crippen LogP contribution in [0.4, 0.5) is 0 Å². The Bertz CT molecular complexity index is 505. The minimum absolute atomic E-state index is 0. The van der Waals surface area contributed by atoms with Crippen LogP contribution in [0.5, 0.6) is 5.75 Å². The van der Waals surface area contributed by atoms with Gasteiger partial charge in [0.25, 0.3) is 0 Å². The second-order valence-corrected chi connectivity index (χ2v) is 6.39. The van der Waals surface area contributed by atoms with Gasteiger partial charge in [-0.1, -0.05) is 18.2 Å². The Morgan fingerprint density at radius 2 is 2.05 bits per heavy atom. The van der Waals surface area contributed by atoms with Crippen molar-refractivity contribution < 1.29 is 9.53 Å². The van der Waals surface area contributed by atoms with Crippen LogP contribution in [-0.2, 0) is 10.3 Å². The van der Waals surface area contributed by atoms with Crippen LogP contribution < -0.4 is 15.4 Å². The van der Waals surface area contributed by atoms with Crippen LogP contribution in [0.3, 0.4) is 0 Å². The molecule has 1 aliphatic heterocycles. The first-order chi connectivity index (χ1) is 9.94. The smallest absolute Gasteiger partial charge is 0.223 e. The third-order valence-electron chi connectivity index (χ3n) is 4.21. The fourth-order valence-corrected chi connectivity index (χ4v) is 3.01. The van der Waals surface area contributed by atoms with Crippen LogP contribution in [0, 0.1) is 5.92 Å².